The van der Waals surface area contributed by atoms with Crippen molar-refractivity contribution in [2.24, 2.45) is 0 Å². The Bertz CT molecular complexity index is 2250. The summed E-state index contributed by atoms with van der Waals surface area (Å²) >= 11 is 0. The van der Waals surface area contributed by atoms with E-state index < -0.39 is 0 Å². The topological polar surface area (TPSA) is 73.4 Å². The van der Waals surface area contributed by atoms with Gasteiger partial charge < -0.3 is 0 Å². The number of hydrogen-bond acceptors (Lipinski definition) is 4. The molecule has 4 heteroatoms. The van der Waals surface area contributed by atoms with Gasteiger partial charge in [0.1, 0.15) is 0 Å². The summed E-state index contributed by atoms with van der Waals surface area (Å²) in [6.45, 7) is 4.54. The Morgan fingerprint density at radius 3 is 1.25 bits per heavy atom. The number of unbranched alkanes of at least 4 members (excludes halogenated alkanes) is 6. The molecule has 282 valence electrons. The van der Waals surface area contributed by atoms with Crippen molar-refractivity contribution in [1.82, 2.24) is 9.97 Å². The summed E-state index contributed by atoms with van der Waals surface area (Å²) < 4.78 is 0. The molecule has 0 unspecified atom stereocenters. The molecule has 0 N–H and O–H groups in total. The lowest BCUT2D eigenvalue weighted by Crippen LogP contribution is -2.26. The van der Waals surface area contributed by atoms with E-state index in [4.69, 9.17) is 0 Å². The van der Waals surface area contributed by atoms with Gasteiger partial charge in [0.05, 0.1) is 23.3 Å². The van der Waals surface area contributed by atoms with Crippen molar-refractivity contribution in [3.05, 3.63) is 167 Å². The molecule has 1 aliphatic carbocycles. The van der Waals surface area contributed by atoms with Crippen LogP contribution in [0.4, 0.5) is 0 Å². The van der Waals surface area contributed by atoms with Gasteiger partial charge in [-0.05, 0) is 128 Å². The fourth-order valence-corrected chi connectivity index (χ4v) is 8.53. The zero-order valence-electron chi connectivity index (χ0n) is 33.2. The molecule has 0 saturated heterocycles. The molecule has 0 fully saturated rings. The molecule has 0 aliphatic heterocycles. The monoisotopic (exact) mass is 742 g/mol. The van der Waals surface area contributed by atoms with Crippen molar-refractivity contribution in [3.8, 4) is 45.5 Å². The predicted molar refractivity (Wildman–Crippen MR) is 236 cm³/mol. The number of nitrogens with zero attached hydrogens (tertiary/aromatic N) is 4. The zero-order valence-corrected chi connectivity index (χ0v) is 33.2. The molecule has 2 heterocycles. The Kier molecular flexibility index (Phi) is 12.6. The van der Waals surface area contributed by atoms with E-state index >= 15 is 0 Å². The van der Waals surface area contributed by atoms with Gasteiger partial charge in [0.15, 0.2) is 0 Å². The first-order chi connectivity index (χ1) is 28.1. The highest BCUT2D eigenvalue weighted by Crippen LogP contribution is 2.55. The number of nitriles is 2. The number of aromatic nitrogens is 2. The molecule has 4 nitrogen and oxygen atoms in total. The summed E-state index contributed by atoms with van der Waals surface area (Å²) in [5, 5.41) is 21.2. The Hall–Kier alpha value is -6.36. The van der Waals surface area contributed by atoms with Crippen LogP contribution in [0.2, 0.25) is 0 Å². The summed E-state index contributed by atoms with van der Waals surface area (Å²) in [4.78, 5) is 8.30. The van der Waals surface area contributed by atoms with Crippen molar-refractivity contribution < 1.29 is 0 Å². The number of hydrogen-bond donors (Lipinski definition) is 0. The molecule has 7 rings (SSSR count). The van der Waals surface area contributed by atoms with Gasteiger partial charge in [-0.2, -0.15) is 10.5 Å². The standard InChI is InChI=1S/C53H50N4/c1-3-5-7-9-27-53(28-10-8-6-4-2)51-35-45(47(37-54)33-39-11-15-41(16-12-39)43-23-29-56-30-24-43)19-21-49(51)50-22-20-46(36-52(50)53)48(38-55)34-40-13-17-42(18-14-40)44-25-31-57-32-26-44/h11-26,29-36H,3-10,27-28H2,1-2H3/b47-33-,48-34+. The van der Waals surface area contributed by atoms with E-state index in [0.717, 1.165) is 70.2 Å². The predicted octanol–water partition coefficient (Wildman–Crippen LogP) is 14.1. The van der Waals surface area contributed by atoms with E-state index in [0.29, 0.717) is 11.1 Å². The van der Waals surface area contributed by atoms with Crippen LogP contribution in [0.5, 0.6) is 0 Å². The average molecular weight is 743 g/mol. The van der Waals surface area contributed by atoms with E-state index in [1.54, 1.807) is 24.8 Å². The fraction of sp³-hybridized carbons (Fsp3) is 0.245. The Morgan fingerprint density at radius 2 is 0.877 bits per heavy atom. The Morgan fingerprint density at radius 1 is 0.491 bits per heavy atom. The van der Waals surface area contributed by atoms with Crippen molar-refractivity contribution in [2.75, 3.05) is 0 Å². The first-order valence-electron chi connectivity index (χ1n) is 20.6. The highest BCUT2D eigenvalue weighted by atomic mass is 14.6. The lowest BCUT2D eigenvalue weighted by Gasteiger charge is -2.33. The van der Waals surface area contributed by atoms with Crippen LogP contribution < -0.4 is 0 Å². The maximum Gasteiger partial charge on any atom is 0.0998 e. The second-order valence-corrected chi connectivity index (χ2v) is 15.3. The zero-order chi connectivity index (χ0) is 39.5. The third-order valence-electron chi connectivity index (χ3n) is 11.6. The van der Waals surface area contributed by atoms with Gasteiger partial charge in [-0.1, -0.05) is 138 Å². The van der Waals surface area contributed by atoms with Crippen LogP contribution in [0.1, 0.15) is 111 Å². The largest absolute Gasteiger partial charge is 0.265 e. The smallest absolute Gasteiger partial charge is 0.0998 e. The van der Waals surface area contributed by atoms with Gasteiger partial charge in [0.2, 0.25) is 0 Å². The third-order valence-corrected chi connectivity index (χ3v) is 11.6. The highest BCUT2D eigenvalue weighted by Gasteiger charge is 2.42. The molecule has 0 bridgehead atoms. The fourth-order valence-electron chi connectivity index (χ4n) is 8.53. The van der Waals surface area contributed by atoms with Crippen LogP contribution in [0.25, 0.3) is 56.7 Å². The van der Waals surface area contributed by atoms with Crippen LogP contribution >= 0.6 is 0 Å². The number of fused-ring (bicyclic) bond motifs is 3. The van der Waals surface area contributed by atoms with E-state index in [-0.39, 0.29) is 5.41 Å². The minimum Gasteiger partial charge on any atom is -0.265 e. The van der Waals surface area contributed by atoms with Crippen molar-refractivity contribution >= 4 is 23.3 Å². The second kappa shape index (κ2) is 18.5. The summed E-state index contributed by atoms with van der Waals surface area (Å²) in [6, 6.07) is 43.2. The minimum atomic E-state index is -0.211. The maximum absolute atomic E-state index is 10.6. The number of benzene rings is 4. The highest BCUT2D eigenvalue weighted by molar-refractivity contribution is 5.94. The Balaban J connectivity index is 1.28. The first kappa shape index (κ1) is 38.9. The summed E-state index contributed by atoms with van der Waals surface area (Å²) in [5.74, 6) is 0. The normalized spacial score (nSPS) is 13.1. The molecule has 0 spiro atoms. The molecule has 0 atom stereocenters. The van der Waals surface area contributed by atoms with Crippen molar-refractivity contribution in [3.63, 3.8) is 0 Å². The van der Waals surface area contributed by atoms with E-state index in [9.17, 15) is 10.5 Å². The lowest BCUT2D eigenvalue weighted by atomic mass is 9.70. The third kappa shape index (κ3) is 8.72. The van der Waals surface area contributed by atoms with E-state index in [2.05, 4.69) is 121 Å². The lowest BCUT2D eigenvalue weighted by molar-refractivity contribution is 0.401. The molecule has 57 heavy (non-hydrogen) atoms. The van der Waals surface area contributed by atoms with E-state index in [1.165, 1.54) is 60.8 Å². The van der Waals surface area contributed by atoms with E-state index in [1.807, 2.05) is 36.4 Å². The molecule has 6 aromatic rings. The maximum atomic E-state index is 10.6. The quantitative estimate of drug-likeness (QED) is 0.0562. The van der Waals surface area contributed by atoms with Gasteiger partial charge in [-0.15, -0.1) is 0 Å². The summed E-state index contributed by atoms with van der Waals surface area (Å²) in [5.41, 5.74) is 14.6. The summed E-state index contributed by atoms with van der Waals surface area (Å²) in [7, 11) is 0. The van der Waals surface area contributed by atoms with Crippen LogP contribution in [-0.2, 0) is 5.41 Å². The van der Waals surface area contributed by atoms with Crippen LogP contribution in [0.15, 0.2) is 134 Å². The molecule has 4 aromatic carbocycles. The van der Waals surface area contributed by atoms with Gasteiger partial charge in [-0.3, -0.25) is 9.97 Å². The Labute approximate surface area is 338 Å². The molecule has 0 amide bonds. The second-order valence-electron chi connectivity index (χ2n) is 15.3. The molecule has 0 radical (unpaired) electrons. The number of pyridine rings is 2. The van der Waals surface area contributed by atoms with Gasteiger partial charge in [0.25, 0.3) is 0 Å². The minimum absolute atomic E-state index is 0.211. The van der Waals surface area contributed by atoms with Gasteiger partial charge >= 0.3 is 0 Å². The van der Waals surface area contributed by atoms with Gasteiger partial charge in [0, 0.05) is 30.2 Å². The van der Waals surface area contributed by atoms with Crippen LogP contribution in [-0.4, -0.2) is 9.97 Å². The molecule has 0 saturated carbocycles. The van der Waals surface area contributed by atoms with Crippen molar-refractivity contribution in [2.45, 2.75) is 83.5 Å². The van der Waals surface area contributed by atoms with Crippen molar-refractivity contribution in [1.29, 1.82) is 10.5 Å². The molecular weight excluding hydrogens is 693 g/mol. The number of allylic oxidation sites excluding steroid dienone is 2. The van der Waals surface area contributed by atoms with Crippen LogP contribution in [0, 0.1) is 22.7 Å². The average Bonchev–Trinajstić information content (AvgIpc) is 3.54. The van der Waals surface area contributed by atoms with Gasteiger partial charge in [-0.25, -0.2) is 0 Å². The SMILES string of the molecule is CCCCCCC1(CCCCCC)c2cc(/C(C#N)=C/c3ccc(-c4ccncc4)cc3)ccc2-c2ccc(/C(C#N)=C\c3ccc(-c4ccncc4)cc3)cc21. The molecular formula is C53H50N4. The summed E-state index contributed by atoms with van der Waals surface area (Å²) in [6.07, 6.45) is 22.8. The molecule has 2 aromatic heterocycles. The first-order valence-corrected chi connectivity index (χ1v) is 20.6. The molecule has 1 aliphatic rings. The van der Waals surface area contributed by atoms with Crippen LogP contribution in [0.3, 0.4) is 0 Å². The number of rotatable bonds is 16.